The Morgan fingerprint density at radius 2 is 1.91 bits per heavy atom. The standard InChI is InChI=1S/C18H32N2O2/c1-2-3-4-5-6-7-8-9-10-13-16(21)15-12-11-14-20-18(22)17(15)19/h10,13,15,17H,2-9,11-12,14,19H2,1H3,(H,20,22)/b13-10+/t15?,17-/m0/s1. The number of amides is 1. The molecule has 1 aliphatic heterocycles. The lowest BCUT2D eigenvalue weighted by Crippen LogP contribution is -2.45. The number of allylic oxidation sites excluding steroid dienone is 2. The minimum Gasteiger partial charge on any atom is -0.355 e. The first-order chi connectivity index (χ1) is 10.7. The van der Waals surface area contributed by atoms with Gasteiger partial charge in [0.25, 0.3) is 0 Å². The minimum atomic E-state index is -0.696. The second-order valence-electron chi connectivity index (χ2n) is 6.28. The number of nitrogens with one attached hydrogen (secondary N) is 1. The molecule has 0 aliphatic carbocycles. The second-order valence-corrected chi connectivity index (χ2v) is 6.28. The molecular weight excluding hydrogens is 276 g/mol. The molecule has 1 saturated heterocycles. The summed E-state index contributed by atoms with van der Waals surface area (Å²) < 4.78 is 0. The van der Waals surface area contributed by atoms with Crippen molar-refractivity contribution in [2.75, 3.05) is 6.54 Å². The lowest BCUT2D eigenvalue weighted by atomic mass is 9.91. The normalized spacial score (nSPS) is 22.5. The molecule has 0 aromatic heterocycles. The van der Waals surface area contributed by atoms with Gasteiger partial charge < -0.3 is 11.1 Å². The van der Waals surface area contributed by atoms with E-state index in [1.807, 2.05) is 6.08 Å². The molecule has 1 amide bonds. The molecule has 4 nitrogen and oxygen atoms in total. The predicted octanol–water partition coefficient (Wildman–Crippen LogP) is 3.11. The van der Waals surface area contributed by atoms with Crippen LogP contribution in [0.25, 0.3) is 0 Å². The van der Waals surface area contributed by atoms with Crippen LogP contribution in [0, 0.1) is 5.92 Å². The summed E-state index contributed by atoms with van der Waals surface area (Å²) in [5.74, 6) is -0.545. The van der Waals surface area contributed by atoms with Crippen LogP contribution >= 0.6 is 0 Å². The molecule has 0 spiro atoms. The van der Waals surface area contributed by atoms with Crippen molar-refractivity contribution in [3.05, 3.63) is 12.2 Å². The number of nitrogens with two attached hydrogens (primary N) is 1. The Balaban J connectivity index is 2.19. The molecule has 1 fully saturated rings. The molecule has 0 radical (unpaired) electrons. The van der Waals surface area contributed by atoms with Crippen LogP contribution in [0.3, 0.4) is 0 Å². The van der Waals surface area contributed by atoms with Crippen molar-refractivity contribution in [3.63, 3.8) is 0 Å². The molecule has 2 atom stereocenters. The number of rotatable bonds is 10. The van der Waals surface area contributed by atoms with E-state index in [4.69, 9.17) is 5.73 Å². The first kappa shape index (κ1) is 18.9. The highest BCUT2D eigenvalue weighted by Gasteiger charge is 2.30. The molecule has 0 bridgehead atoms. The van der Waals surface area contributed by atoms with Gasteiger partial charge in [0, 0.05) is 12.5 Å². The Hall–Kier alpha value is -1.16. The van der Waals surface area contributed by atoms with Gasteiger partial charge in [-0.05, 0) is 31.8 Å². The van der Waals surface area contributed by atoms with Crippen molar-refractivity contribution in [3.8, 4) is 0 Å². The average molecular weight is 308 g/mol. The summed E-state index contributed by atoms with van der Waals surface area (Å²) >= 11 is 0. The van der Waals surface area contributed by atoms with Gasteiger partial charge in [0.2, 0.25) is 5.91 Å². The summed E-state index contributed by atoms with van der Waals surface area (Å²) in [6.07, 6.45) is 15.0. The molecule has 0 aromatic carbocycles. The third-order valence-corrected chi connectivity index (χ3v) is 4.35. The van der Waals surface area contributed by atoms with Gasteiger partial charge in [-0.25, -0.2) is 0 Å². The summed E-state index contributed by atoms with van der Waals surface area (Å²) in [4.78, 5) is 23.8. The highest BCUT2D eigenvalue weighted by Crippen LogP contribution is 2.16. The lowest BCUT2D eigenvalue weighted by molar-refractivity contribution is -0.127. The lowest BCUT2D eigenvalue weighted by Gasteiger charge is -2.16. The molecule has 1 rings (SSSR count). The molecule has 0 aromatic rings. The fraction of sp³-hybridized carbons (Fsp3) is 0.778. The number of ketones is 1. The zero-order chi connectivity index (χ0) is 16.2. The molecule has 1 aliphatic rings. The number of hydrogen-bond donors (Lipinski definition) is 2. The van der Waals surface area contributed by atoms with Crippen LogP contribution in [-0.2, 0) is 9.59 Å². The van der Waals surface area contributed by atoms with Crippen molar-refractivity contribution < 1.29 is 9.59 Å². The number of carbonyl (C=O) groups is 2. The molecule has 3 N–H and O–H groups in total. The van der Waals surface area contributed by atoms with Gasteiger partial charge in [-0.3, -0.25) is 9.59 Å². The van der Waals surface area contributed by atoms with Crippen molar-refractivity contribution >= 4 is 11.7 Å². The fourth-order valence-corrected chi connectivity index (χ4v) is 2.88. The Bertz CT molecular complexity index is 366. The third-order valence-electron chi connectivity index (χ3n) is 4.35. The van der Waals surface area contributed by atoms with E-state index in [2.05, 4.69) is 12.2 Å². The van der Waals surface area contributed by atoms with E-state index in [0.717, 1.165) is 19.3 Å². The van der Waals surface area contributed by atoms with Gasteiger partial charge >= 0.3 is 0 Å². The van der Waals surface area contributed by atoms with Gasteiger partial charge in [-0.15, -0.1) is 0 Å². The van der Waals surface area contributed by atoms with Crippen molar-refractivity contribution in [2.24, 2.45) is 11.7 Å². The van der Waals surface area contributed by atoms with Gasteiger partial charge in [0.05, 0.1) is 6.04 Å². The number of hydrogen-bond acceptors (Lipinski definition) is 3. The monoisotopic (exact) mass is 308 g/mol. The maximum atomic E-state index is 12.2. The van der Waals surface area contributed by atoms with Gasteiger partial charge in [-0.1, -0.05) is 51.5 Å². The van der Waals surface area contributed by atoms with Crippen LogP contribution < -0.4 is 11.1 Å². The van der Waals surface area contributed by atoms with Crippen LogP contribution in [0.15, 0.2) is 12.2 Å². The summed E-state index contributed by atoms with van der Waals surface area (Å²) in [5, 5.41) is 2.74. The SMILES string of the molecule is CCCCCCCCC/C=C/C(=O)C1CCCNC(=O)[C@H]1N. The van der Waals surface area contributed by atoms with Crippen molar-refractivity contribution in [1.29, 1.82) is 0 Å². The minimum absolute atomic E-state index is 0.00694. The summed E-state index contributed by atoms with van der Waals surface area (Å²) in [6.45, 7) is 2.85. The predicted molar refractivity (Wildman–Crippen MR) is 90.5 cm³/mol. The van der Waals surface area contributed by atoms with Crippen LogP contribution in [0.4, 0.5) is 0 Å². The van der Waals surface area contributed by atoms with E-state index in [9.17, 15) is 9.59 Å². The van der Waals surface area contributed by atoms with Gasteiger partial charge in [0.15, 0.2) is 5.78 Å². The molecule has 22 heavy (non-hydrogen) atoms. The topological polar surface area (TPSA) is 72.2 Å². The maximum Gasteiger partial charge on any atom is 0.237 e. The summed E-state index contributed by atoms with van der Waals surface area (Å²) in [7, 11) is 0. The number of unbranched alkanes of at least 4 members (excludes halogenated alkanes) is 7. The summed E-state index contributed by atoms with van der Waals surface area (Å²) in [6, 6.07) is -0.696. The molecule has 0 saturated carbocycles. The highest BCUT2D eigenvalue weighted by molar-refractivity contribution is 5.97. The maximum absolute atomic E-state index is 12.2. The van der Waals surface area contributed by atoms with E-state index >= 15 is 0 Å². The molecule has 1 heterocycles. The Labute approximate surface area is 134 Å². The van der Waals surface area contributed by atoms with Crippen LogP contribution in [0.2, 0.25) is 0 Å². The summed E-state index contributed by atoms with van der Waals surface area (Å²) in [5.41, 5.74) is 5.87. The van der Waals surface area contributed by atoms with E-state index in [1.54, 1.807) is 6.08 Å². The first-order valence-electron chi connectivity index (χ1n) is 8.90. The van der Waals surface area contributed by atoms with E-state index in [-0.39, 0.29) is 17.6 Å². The van der Waals surface area contributed by atoms with Crippen molar-refractivity contribution in [2.45, 2.75) is 77.2 Å². The molecule has 1 unspecified atom stereocenters. The van der Waals surface area contributed by atoms with E-state index < -0.39 is 6.04 Å². The molecule has 4 heteroatoms. The fourth-order valence-electron chi connectivity index (χ4n) is 2.88. The average Bonchev–Trinajstić information content (AvgIpc) is 2.68. The van der Waals surface area contributed by atoms with Crippen molar-refractivity contribution in [1.82, 2.24) is 5.32 Å². The zero-order valence-electron chi connectivity index (χ0n) is 14.0. The Morgan fingerprint density at radius 3 is 2.64 bits per heavy atom. The molecule has 126 valence electrons. The Morgan fingerprint density at radius 1 is 1.23 bits per heavy atom. The largest absolute Gasteiger partial charge is 0.355 e. The van der Waals surface area contributed by atoms with Crippen LogP contribution in [0.1, 0.15) is 71.1 Å². The highest BCUT2D eigenvalue weighted by atomic mass is 16.2. The zero-order valence-corrected chi connectivity index (χ0v) is 14.0. The van der Waals surface area contributed by atoms with Crippen LogP contribution in [0.5, 0.6) is 0 Å². The van der Waals surface area contributed by atoms with Crippen LogP contribution in [-0.4, -0.2) is 24.3 Å². The number of carbonyl (C=O) groups excluding carboxylic acids is 2. The third kappa shape index (κ3) is 7.21. The van der Waals surface area contributed by atoms with Gasteiger partial charge in [-0.2, -0.15) is 0 Å². The van der Waals surface area contributed by atoms with E-state index in [1.165, 1.54) is 38.5 Å². The van der Waals surface area contributed by atoms with Gasteiger partial charge in [0.1, 0.15) is 0 Å². The Kier molecular flexibility index (Phi) is 9.80. The smallest absolute Gasteiger partial charge is 0.237 e. The first-order valence-corrected chi connectivity index (χ1v) is 8.90. The molecular formula is C18H32N2O2. The van der Waals surface area contributed by atoms with E-state index in [0.29, 0.717) is 13.0 Å². The second kappa shape index (κ2) is 11.4. The quantitative estimate of drug-likeness (QED) is 0.481.